The smallest absolute Gasteiger partial charge is 0.161 e. The summed E-state index contributed by atoms with van der Waals surface area (Å²) in [5.74, 6) is 0.866. The van der Waals surface area contributed by atoms with Gasteiger partial charge in [-0.1, -0.05) is 25.1 Å². The summed E-state index contributed by atoms with van der Waals surface area (Å²) in [7, 11) is 0. The second-order valence-electron chi connectivity index (χ2n) is 11.1. The Hall–Kier alpha value is -3.56. The third-order valence-corrected chi connectivity index (χ3v) is 7.68. The Labute approximate surface area is 215 Å². The van der Waals surface area contributed by atoms with Gasteiger partial charge in [-0.3, -0.25) is 10.00 Å². The topological polar surface area (TPSA) is 111 Å². The molecule has 9 nitrogen and oxygen atoms in total. The zero-order valence-corrected chi connectivity index (χ0v) is 21.9. The lowest BCUT2D eigenvalue weighted by atomic mass is 9.87. The van der Waals surface area contributed by atoms with E-state index in [-0.39, 0.29) is 0 Å². The van der Waals surface area contributed by atoms with Crippen LogP contribution in [-0.2, 0) is 12.1 Å². The Balaban J connectivity index is 1.35. The summed E-state index contributed by atoms with van der Waals surface area (Å²) < 4.78 is 1.76. The van der Waals surface area contributed by atoms with Crippen LogP contribution < -0.4 is 0 Å². The maximum Gasteiger partial charge on any atom is 0.161 e. The van der Waals surface area contributed by atoms with Crippen LogP contribution in [0.15, 0.2) is 43.0 Å². The summed E-state index contributed by atoms with van der Waals surface area (Å²) >= 11 is 0. The number of piperidine rings is 1. The van der Waals surface area contributed by atoms with E-state index in [4.69, 9.17) is 0 Å². The van der Waals surface area contributed by atoms with Crippen molar-refractivity contribution in [3.63, 3.8) is 0 Å². The number of H-pyrrole nitrogens is 2. The molecule has 0 amide bonds. The van der Waals surface area contributed by atoms with E-state index in [9.17, 15) is 5.11 Å². The van der Waals surface area contributed by atoms with Crippen LogP contribution in [-0.4, -0.2) is 58.1 Å². The number of pyridine rings is 1. The Bertz CT molecular complexity index is 1530. The number of aliphatic hydroxyl groups is 1. The van der Waals surface area contributed by atoms with E-state index in [0.717, 1.165) is 60.5 Å². The Kier molecular flexibility index (Phi) is 5.84. The van der Waals surface area contributed by atoms with Crippen molar-refractivity contribution in [2.45, 2.75) is 64.5 Å². The molecular formula is C28H34N8O. The number of aromatic nitrogens is 7. The molecule has 5 aromatic rings. The van der Waals surface area contributed by atoms with Gasteiger partial charge in [-0.2, -0.15) is 5.10 Å². The lowest BCUT2D eigenvalue weighted by molar-refractivity contribution is 0.0796. The average molecular weight is 499 g/mol. The molecule has 1 saturated heterocycles. The van der Waals surface area contributed by atoms with E-state index in [1.165, 1.54) is 22.8 Å². The predicted octanol–water partition coefficient (Wildman–Crippen LogP) is 4.73. The van der Waals surface area contributed by atoms with Crippen molar-refractivity contribution in [1.82, 2.24) is 39.9 Å². The summed E-state index contributed by atoms with van der Waals surface area (Å²) in [6.45, 7) is 11.0. The molecule has 0 spiro atoms. The van der Waals surface area contributed by atoms with Crippen molar-refractivity contribution in [2.24, 2.45) is 0 Å². The lowest BCUT2D eigenvalue weighted by Crippen LogP contribution is -2.32. The van der Waals surface area contributed by atoms with E-state index >= 15 is 0 Å². The van der Waals surface area contributed by atoms with Gasteiger partial charge in [0.05, 0.1) is 17.0 Å². The SMILES string of the molecule is CC(C)c1c(-c2cc(C(C)(C)O)c3ncnn3c2)[nH]c2ccc(C3CCN(Cc4c[nH]nn4)CC3)cc12. The van der Waals surface area contributed by atoms with Gasteiger partial charge in [-0.05, 0) is 80.9 Å². The number of rotatable bonds is 6. The fourth-order valence-electron chi connectivity index (χ4n) is 5.78. The lowest BCUT2D eigenvalue weighted by Gasteiger charge is -2.31. The summed E-state index contributed by atoms with van der Waals surface area (Å²) in [6, 6.07) is 8.96. The molecule has 0 unspecified atom stereocenters. The van der Waals surface area contributed by atoms with Gasteiger partial charge >= 0.3 is 0 Å². The van der Waals surface area contributed by atoms with Gasteiger partial charge in [-0.25, -0.2) is 9.50 Å². The molecule has 1 aliphatic heterocycles. The first-order valence-electron chi connectivity index (χ1n) is 13.1. The molecule has 1 aromatic carbocycles. The highest BCUT2D eigenvalue weighted by Gasteiger charge is 2.26. The average Bonchev–Trinajstić information content (AvgIpc) is 3.62. The van der Waals surface area contributed by atoms with Crippen LogP contribution in [0.3, 0.4) is 0 Å². The summed E-state index contributed by atoms with van der Waals surface area (Å²) in [5.41, 5.74) is 7.30. The molecule has 1 aliphatic rings. The van der Waals surface area contributed by atoms with Crippen molar-refractivity contribution >= 4 is 16.6 Å². The van der Waals surface area contributed by atoms with Crippen molar-refractivity contribution in [2.75, 3.05) is 13.1 Å². The summed E-state index contributed by atoms with van der Waals surface area (Å²) in [4.78, 5) is 10.5. The second kappa shape index (κ2) is 9.08. The molecule has 0 bridgehead atoms. The second-order valence-corrected chi connectivity index (χ2v) is 11.1. The highest BCUT2D eigenvalue weighted by atomic mass is 16.3. The van der Waals surface area contributed by atoms with Crippen LogP contribution in [0.2, 0.25) is 0 Å². The van der Waals surface area contributed by atoms with Gasteiger partial charge in [-0.15, -0.1) is 5.10 Å². The highest BCUT2D eigenvalue weighted by Crippen LogP contribution is 2.39. The van der Waals surface area contributed by atoms with Crippen molar-refractivity contribution in [3.8, 4) is 11.3 Å². The van der Waals surface area contributed by atoms with E-state index in [0.29, 0.717) is 17.5 Å². The minimum Gasteiger partial charge on any atom is -0.386 e. The summed E-state index contributed by atoms with van der Waals surface area (Å²) in [6.07, 6.45) is 7.68. The molecule has 1 fully saturated rings. The number of benzene rings is 1. The normalized spacial score (nSPS) is 15.9. The van der Waals surface area contributed by atoms with Crippen molar-refractivity contribution < 1.29 is 5.11 Å². The number of likely N-dealkylation sites (tertiary alicyclic amines) is 1. The van der Waals surface area contributed by atoms with Crippen LogP contribution in [0.5, 0.6) is 0 Å². The van der Waals surface area contributed by atoms with E-state index in [2.05, 4.69) is 67.4 Å². The fourth-order valence-corrected chi connectivity index (χ4v) is 5.78. The third-order valence-electron chi connectivity index (χ3n) is 7.68. The Morgan fingerprint density at radius 2 is 1.97 bits per heavy atom. The van der Waals surface area contributed by atoms with Crippen LogP contribution in [0.4, 0.5) is 0 Å². The largest absolute Gasteiger partial charge is 0.386 e. The van der Waals surface area contributed by atoms with Crippen LogP contribution in [0.1, 0.15) is 74.8 Å². The molecule has 3 N–H and O–H groups in total. The van der Waals surface area contributed by atoms with Crippen LogP contribution in [0.25, 0.3) is 27.8 Å². The molecule has 6 rings (SSSR count). The molecule has 0 atom stereocenters. The number of fused-ring (bicyclic) bond motifs is 2. The molecule has 0 radical (unpaired) electrons. The molecule has 9 heteroatoms. The number of hydrogen-bond acceptors (Lipinski definition) is 6. The fraction of sp³-hybridized carbons (Fsp3) is 0.429. The maximum absolute atomic E-state index is 10.9. The first-order chi connectivity index (χ1) is 17.8. The number of aromatic amines is 2. The Morgan fingerprint density at radius 1 is 1.16 bits per heavy atom. The zero-order chi connectivity index (χ0) is 25.7. The molecular weight excluding hydrogens is 464 g/mol. The molecule has 0 saturated carbocycles. The number of nitrogens with zero attached hydrogens (tertiary/aromatic N) is 6. The van der Waals surface area contributed by atoms with Gasteiger partial charge in [0.1, 0.15) is 6.33 Å². The third kappa shape index (κ3) is 4.42. The predicted molar refractivity (Wildman–Crippen MR) is 143 cm³/mol. The highest BCUT2D eigenvalue weighted by molar-refractivity contribution is 5.92. The van der Waals surface area contributed by atoms with Gasteiger partial charge in [0.2, 0.25) is 0 Å². The van der Waals surface area contributed by atoms with Gasteiger partial charge in [0.15, 0.2) is 5.65 Å². The molecule has 5 heterocycles. The number of nitrogens with one attached hydrogen (secondary N) is 2. The molecule has 4 aromatic heterocycles. The van der Waals surface area contributed by atoms with Gasteiger partial charge < -0.3 is 10.1 Å². The molecule has 192 valence electrons. The maximum atomic E-state index is 10.9. The minimum absolute atomic E-state index is 0.320. The number of hydrogen-bond donors (Lipinski definition) is 3. The van der Waals surface area contributed by atoms with Crippen molar-refractivity contribution in [1.29, 1.82) is 0 Å². The zero-order valence-electron chi connectivity index (χ0n) is 21.9. The minimum atomic E-state index is -1.04. The van der Waals surface area contributed by atoms with E-state index in [1.54, 1.807) is 18.4 Å². The monoisotopic (exact) mass is 498 g/mol. The first kappa shape index (κ1) is 23.8. The quantitative estimate of drug-likeness (QED) is 0.312. The molecule has 37 heavy (non-hydrogen) atoms. The van der Waals surface area contributed by atoms with Crippen LogP contribution >= 0.6 is 0 Å². The molecule has 0 aliphatic carbocycles. The van der Waals surface area contributed by atoms with E-state index < -0.39 is 5.60 Å². The van der Waals surface area contributed by atoms with Crippen LogP contribution in [0, 0.1) is 0 Å². The van der Waals surface area contributed by atoms with Gasteiger partial charge in [0.25, 0.3) is 0 Å². The standard InChI is InChI=1S/C28H34N8O/c1-17(2)25-22-11-19(18-7-9-35(10-8-18)15-21-13-30-34-33-21)5-6-24(22)32-26(25)20-12-23(28(3,4)37)27-29-16-31-36(27)14-20/h5-6,11-14,16-18,32,37H,7-10,15H2,1-4H3,(H,30,33,34). The van der Waals surface area contributed by atoms with Crippen molar-refractivity contribution in [3.05, 3.63) is 65.4 Å². The van der Waals surface area contributed by atoms with E-state index in [1.807, 2.05) is 18.5 Å². The summed E-state index contributed by atoms with van der Waals surface area (Å²) in [5, 5.41) is 27.3. The van der Waals surface area contributed by atoms with Gasteiger partial charge in [0, 0.05) is 41.0 Å². The Morgan fingerprint density at radius 3 is 2.68 bits per heavy atom. The first-order valence-corrected chi connectivity index (χ1v) is 13.1.